The summed E-state index contributed by atoms with van der Waals surface area (Å²) in [5, 5.41) is 8.63. The Morgan fingerprint density at radius 2 is 2.10 bits per heavy atom. The summed E-state index contributed by atoms with van der Waals surface area (Å²) >= 11 is 1.65. The first kappa shape index (κ1) is 19.0. The minimum absolute atomic E-state index is 0.241. The van der Waals surface area contributed by atoms with Crippen LogP contribution in [0.5, 0.6) is 0 Å². The lowest BCUT2D eigenvalue weighted by Crippen LogP contribution is -2.41. The van der Waals surface area contributed by atoms with Crippen molar-refractivity contribution in [2.24, 2.45) is 0 Å². The Balaban J connectivity index is 1.36. The van der Waals surface area contributed by atoms with Gasteiger partial charge in [-0.3, -0.25) is 0 Å². The SMILES string of the molecule is CC1CN(c2ccc(CNc3nc(-c4ccsc4)nc4ccccc34)cn2)CCO1. The van der Waals surface area contributed by atoms with E-state index in [0.717, 1.165) is 59.2 Å². The fourth-order valence-corrected chi connectivity index (χ4v) is 4.29. The fraction of sp³-hybridized carbons (Fsp3) is 0.261. The molecule has 1 saturated heterocycles. The topological polar surface area (TPSA) is 63.2 Å². The third-order valence-electron chi connectivity index (χ3n) is 5.22. The number of anilines is 2. The van der Waals surface area contributed by atoms with Crippen LogP contribution in [0.25, 0.3) is 22.3 Å². The molecular weight excluding hydrogens is 394 g/mol. The van der Waals surface area contributed by atoms with Crippen LogP contribution in [0.15, 0.2) is 59.4 Å². The zero-order valence-corrected chi connectivity index (χ0v) is 17.6. The number of fused-ring (bicyclic) bond motifs is 1. The second-order valence-electron chi connectivity index (χ2n) is 7.43. The van der Waals surface area contributed by atoms with Crippen LogP contribution in [0.1, 0.15) is 12.5 Å². The monoisotopic (exact) mass is 417 g/mol. The number of hydrogen-bond donors (Lipinski definition) is 1. The van der Waals surface area contributed by atoms with Gasteiger partial charge in [0.25, 0.3) is 0 Å². The average molecular weight is 418 g/mol. The molecule has 0 saturated carbocycles. The summed E-state index contributed by atoms with van der Waals surface area (Å²) < 4.78 is 5.62. The molecule has 1 atom stereocenters. The minimum atomic E-state index is 0.241. The molecule has 1 aliphatic rings. The Kier molecular flexibility index (Phi) is 5.29. The number of nitrogens with zero attached hydrogens (tertiary/aromatic N) is 4. The average Bonchev–Trinajstić information content (AvgIpc) is 3.33. The predicted octanol–water partition coefficient (Wildman–Crippen LogP) is 4.59. The second-order valence-corrected chi connectivity index (χ2v) is 8.21. The Morgan fingerprint density at radius 1 is 1.17 bits per heavy atom. The lowest BCUT2D eigenvalue weighted by Gasteiger charge is -2.32. The highest BCUT2D eigenvalue weighted by molar-refractivity contribution is 7.08. The van der Waals surface area contributed by atoms with Gasteiger partial charge < -0.3 is 15.0 Å². The normalized spacial score (nSPS) is 16.7. The number of ether oxygens (including phenoxy) is 1. The van der Waals surface area contributed by atoms with E-state index < -0.39 is 0 Å². The van der Waals surface area contributed by atoms with Gasteiger partial charge in [0.15, 0.2) is 5.82 Å². The smallest absolute Gasteiger partial charge is 0.162 e. The van der Waals surface area contributed by atoms with Gasteiger partial charge in [-0.1, -0.05) is 18.2 Å². The number of hydrogen-bond acceptors (Lipinski definition) is 7. The Morgan fingerprint density at radius 3 is 2.90 bits per heavy atom. The highest BCUT2D eigenvalue weighted by atomic mass is 32.1. The first-order valence-electron chi connectivity index (χ1n) is 10.1. The number of aromatic nitrogens is 3. The van der Waals surface area contributed by atoms with Gasteiger partial charge >= 0.3 is 0 Å². The standard InChI is InChI=1S/C23H23N5OS/c1-16-14-28(9-10-29-16)21-7-6-17(12-24-21)13-25-23-19-4-2-3-5-20(19)26-22(27-23)18-8-11-30-15-18/h2-8,11-12,15-16H,9-10,13-14H2,1H3,(H,25,26,27). The van der Waals surface area contributed by atoms with E-state index in [1.807, 2.05) is 35.8 Å². The molecular formula is C23H23N5OS. The third-order valence-corrected chi connectivity index (χ3v) is 5.90. The molecule has 0 aliphatic carbocycles. The van der Waals surface area contributed by atoms with Crippen LogP contribution in [0.4, 0.5) is 11.6 Å². The summed E-state index contributed by atoms with van der Waals surface area (Å²) in [6.07, 6.45) is 2.18. The highest BCUT2D eigenvalue weighted by Crippen LogP contribution is 2.26. The molecule has 0 amide bonds. The van der Waals surface area contributed by atoms with E-state index in [2.05, 4.69) is 45.7 Å². The maximum atomic E-state index is 5.62. The van der Waals surface area contributed by atoms with Crippen molar-refractivity contribution in [3.05, 3.63) is 65.0 Å². The van der Waals surface area contributed by atoms with E-state index in [1.54, 1.807) is 11.3 Å². The van der Waals surface area contributed by atoms with Crippen LogP contribution < -0.4 is 10.2 Å². The lowest BCUT2D eigenvalue weighted by molar-refractivity contribution is 0.0529. The summed E-state index contributed by atoms with van der Waals surface area (Å²) in [6, 6.07) is 14.4. The van der Waals surface area contributed by atoms with Crippen LogP contribution in [-0.4, -0.2) is 40.8 Å². The summed E-state index contributed by atoms with van der Waals surface area (Å²) in [7, 11) is 0. The van der Waals surface area contributed by atoms with Gasteiger partial charge in [-0.15, -0.1) is 0 Å². The number of pyridine rings is 1. The zero-order valence-electron chi connectivity index (χ0n) is 16.8. The molecule has 30 heavy (non-hydrogen) atoms. The molecule has 0 spiro atoms. The van der Waals surface area contributed by atoms with Crippen molar-refractivity contribution < 1.29 is 4.74 Å². The van der Waals surface area contributed by atoms with E-state index in [9.17, 15) is 0 Å². The van der Waals surface area contributed by atoms with Crippen molar-refractivity contribution in [1.82, 2.24) is 15.0 Å². The van der Waals surface area contributed by atoms with E-state index in [0.29, 0.717) is 6.54 Å². The van der Waals surface area contributed by atoms with Gasteiger partial charge in [-0.2, -0.15) is 11.3 Å². The van der Waals surface area contributed by atoms with Gasteiger partial charge in [-0.25, -0.2) is 15.0 Å². The predicted molar refractivity (Wildman–Crippen MR) is 122 cm³/mol. The summed E-state index contributed by atoms with van der Waals surface area (Å²) in [5.74, 6) is 2.58. The molecule has 0 bridgehead atoms. The van der Waals surface area contributed by atoms with E-state index >= 15 is 0 Å². The number of morpholine rings is 1. The Bertz CT molecular complexity index is 1130. The quantitative estimate of drug-likeness (QED) is 0.512. The molecule has 1 aliphatic heterocycles. The number of para-hydroxylation sites is 1. The number of rotatable bonds is 5. The second kappa shape index (κ2) is 8.38. The molecule has 5 rings (SSSR count). The van der Waals surface area contributed by atoms with Crippen molar-refractivity contribution in [2.45, 2.75) is 19.6 Å². The molecule has 0 radical (unpaired) electrons. The van der Waals surface area contributed by atoms with Crippen LogP contribution >= 0.6 is 11.3 Å². The first-order valence-corrected chi connectivity index (χ1v) is 11.1. The zero-order chi connectivity index (χ0) is 20.3. The van der Waals surface area contributed by atoms with E-state index in [1.165, 1.54) is 0 Å². The molecule has 3 aromatic heterocycles. The van der Waals surface area contributed by atoms with E-state index in [-0.39, 0.29) is 6.10 Å². The van der Waals surface area contributed by atoms with Crippen LogP contribution in [0.2, 0.25) is 0 Å². The molecule has 1 fully saturated rings. The van der Waals surface area contributed by atoms with Crippen LogP contribution in [0.3, 0.4) is 0 Å². The Hall–Kier alpha value is -3.03. The van der Waals surface area contributed by atoms with Gasteiger partial charge in [0, 0.05) is 42.2 Å². The van der Waals surface area contributed by atoms with E-state index in [4.69, 9.17) is 14.7 Å². The van der Waals surface area contributed by atoms with Gasteiger partial charge in [0.05, 0.1) is 18.2 Å². The maximum absolute atomic E-state index is 5.62. The number of nitrogens with one attached hydrogen (secondary N) is 1. The van der Waals surface area contributed by atoms with Gasteiger partial charge in [0.2, 0.25) is 0 Å². The number of benzene rings is 1. The largest absolute Gasteiger partial charge is 0.375 e. The van der Waals surface area contributed by atoms with Crippen molar-refractivity contribution in [2.75, 3.05) is 29.9 Å². The maximum Gasteiger partial charge on any atom is 0.162 e. The summed E-state index contributed by atoms with van der Waals surface area (Å²) in [5.41, 5.74) is 3.09. The first-order chi connectivity index (χ1) is 14.8. The molecule has 152 valence electrons. The molecule has 1 aromatic carbocycles. The highest BCUT2D eigenvalue weighted by Gasteiger charge is 2.17. The molecule has 1 unspecified atom stereocenters. The third kappa shape index (κ3) is 3.99. The molecule has 1 N–H and O–H groups in total. The van der Waals surface area contributed by atoms with Crippen molar-refractivity contribution in [1.29, 1.82) is 0 Å². The minimum Gasteiger partial charge on any atom is -0.375 e. The van der Waals surface area contributed by atoms with Gasteiger partial charge in [0.1, 0.15) is 11.6 Å². The molecule has 7 heteroatoms. The van der Waals surface area contributed by atoms with Gasteiger partial charge in [-0.05, 0) is 42.1 Å². The van der Waals surface area contributed by atoms with Crippen molar-refractivity contribution >= 4 is 33.9 Å². The molecule has 4 heterocycles. The van der Waals surface area contributed by atoms with Crippen molar-refractivity contribution in [3.8, 4) is 11.4 Å². The summed E-state index contributed by atoms with van der Waals surface area (Å²) in [4.78, 5) is 16.5. The molecule has 4 aromatic rings. The summed E-state index contributed by atoms with van der Waals surface area (Å²) in [6.45, 7) is 5.26. The lowest BCUT2D eigenvalue weighted by atomic mass is 10.2. The molecule has 6 nitrogen and oxygen atoms in total. The van der Waals surface area contributed by atoms with Crippen molar-refractivity contribution in [3.63, 3.8) is 0 Å². The van der Waals surface area contributed by atoms with Crippen LogP contribution in [-0.2, 0) is 11.3 Å². The fourth-order valence-electron chi connectivity index (χ4n) is 3.65. The Labute approximate surface area is 179 Å². The number of thiophene rings is 1. The van der Waals surface area contributed by atoms with Crippen LogP contribution in [0, 0.1) is 0 Å².